The Balaban J connectivity index is 2.85. The molecule has 6 heteroatoms. The van der Waals surface area contributed by atoms with Gasteiger partial charge < -0.3 is 16.2 Å². The predicted octanol–water partition coefficient (Wildman–Crippen LogP) is 1.27. The molecule has 0 unspecified atom stereocenters. The third kappa shape index (κ3) is 4.17. The number of imide groups is 1. The Kier molecular flexibility index (Phi) is 4.74. The van der Waals surface area contributed by atoms with Crippen LogP contribution in [0, 0.1) is 6.92 Å². The van der Waals surface area contributed by atoms with E-state index in [4.69, 9.17) is 16.2 Å². The fourth-order valence-corrected chi connectivity index (χ4v) is 1.61. The number of carbonyl (C=O) groups is 2. The van der Waals surface area contributed by atoms with Gasteiger partial charge in [-0.25, -0.2) is 4.79 Å². The van der Waals surface area contributed by atoms with Gasteiger partial charge >= 0.3 is 6.03 Å². The molecular weight excluding hydrogens is 246 g/mol. The van der Waals surface area contributed by atoms with E-state index in [9.17, 15) is 9.59 Å². The van der Waals surface area contributed by atoms with Crippen LogP contribution in [0.5, 0.6) is 5.75 Å². The highest BCUT2D eigenvalue weighted by molar-refractivity contribution is 5.94. The van der Waals surface area contributed by atoms with E-state index in [2.05, 4.69) is 0 Å². The van der Waals surface area contributed by atoms with Crippen molar-refractivity contribution >= 4 is 17.6 Å². The summed E-state index contributed by atoms with van der Waals surface area (Å²) in [7, 11) is 0. The van der Waals surface area contributed by atoms with Gasteiger partial charge in [-0.2, -0.15) is 0 Å². The number of nitrogen functional groups attached to an aromatic ring is 1. The molecule has 0 aromatic heterocycles. The highest BCUT2D eigenvalue weighted by atomic mass is 16.5. The van der Waals surface area contributed by atoms with Crippen molar-refractivity contribution in [2.24, 2.45) is 5.73 Å². The molecule has 0 radical (unpaired) electrons. The molecule has 104 valence electrons. The highest BCUT2D eigenvalue weighted by Gasteiger charge is 2.12. The van der Waals surface area contributed by atoms with E-state index in [0.29, 0.717) is 11.4 Å². The van der Waals surface area contributed by atoms with Crippen LogP contribution in [-0.4, -0.2) is 18.5 Å². The van der Waals surface area contributed by atoms with Gasteiger partial charge in [0.15, 0.2) is 6.61 Å². The lowest BCUT2D eigenvalue weighted by Gasteiger charge is -2.16. The molecule has 0 bridgehead atoms. The zero-order chi connectivity index (χ0) is 14.6. The standard InChI is InChI=1S/C13H19N3O3/c1-7(2)9-5-10(14)8(3)4-11(9)19-6-12(17)16-13(15)18/h4-5,7H,6,14H2,1-3H3,(H3,15,16,17,18). The third-order valence-corrected chi connectivity index (χ3v) is 2.64. The highest BCUT2D eigenvalue weighted by Crippen LogP contribution is 2.30. The number of ether oxygens (including phenoxy) is 1. The summed E-state index contributed by atoms with van der Waals surface area (Å²) in [6.45, 7) is 5.59. The molecule has 5 N–H and O–H groups in total. The number of aryl methyl sites for hydroxylation is 1. The van der Waals surface area contributed by atoms with E-state index in [1.807, 2.05) is 32.2 Å². The van der Waals surface area contributed by atoms with Crippen LogP contribution in [0.1, 0.15) is 30.9 Å². The quantitative estimate of drug-likeness (QED) is 0.712. The van der Waals surface area contributed by atoms with Crippen LogP contribution < -0.4 is 21.5 Å². The minimum atomic E-state index is -0.897. The van der Waals surface area contributed by atoms with Crippen LogP contribution in [0.15, 0.2) is 12.1 Å². The van der Waals surface area contributed by atoms with E-state index < -0.39 is 11.9 Å². The molecule has 0 aliphatic heterocycles. The second-order valence-corrected chi connectivity index (χ2v) is 4.60. The molecule has 0 aliphatic carbocycles. The lowest BCUT2D eigenvalue weighted by molar-refractivity contribution is -0.121. The van der Waals surface area contributed by atoms with Crippen LogP contribution in [0.4, 0.5) is 10.5 Å². The summed E-state index contributed by atoms with van der Waals surface area (Å²) >= 11 is 0. The van der Waals surface area contributed by atoms with Crippen molar-refractivity contribution in [3.05, 3.63) is 23.3 Å². The van der Waals surface area contributed by atoms with Crippen LogP contribution in [0.25, 0.3) is 0 Å². The fraction of sp³-hybridized carbons (Fsp3) is 0.385. The van der Waals surface area contributed by atoms with Gasteiger partial charge in [-0.05, 0) is 36.1 Å². The number of urea groups is 1. The molecule has 6 nitrogen and oxygen atoms in total. The number of hydrogen-bond donors (Lipinski definition) is 3. The summed E-state index contributed by atoms with van der Waals surface area (Å²) in [5.41, 5.74) is 13.2. The summed E-state index contributed by atoms with van der Waals surface area (Å²) in [6, 6.07) is 2.72. The maximum Gasteiger partial charge on any atom is 0.318 e. The van der Waals surface area contributed by atoms with Gasteiger partial charge in [0.25, 0.3) is 5.91 Å². The number of nitrogens with one attached hydrogen (secondary N) is 1. The van der Waals surface area contributed by atoms with E-state index >= 15 is 0 Å². The van der Waals surface area contributed by atoms with Gasteiger partial charge in [0.05, 0.1) is 0 Å². The number of benzene rings is 1. The predicted molar refractivity (Wildman–Crippen MR) is 72.9 cm³/mol. The molecule has 0 spiro atoms. The van der Waals surface area contributed by atoms with Crippen LogP contribution >= 0.6 is 0 Å². The SMILES string of the molecule is Cc1cc(OCC(=O)NC(N)=O)c(C(C)C)cc1N. The van der Waals surface area contributed by atoms with E-state index in [1.54, 1.807) is 6.07 Å². The van der Waals surface area contributed by atoms with Crippen LogP contribution in [0.3, 0.4) is 0 Å². The van der Waals surface area contributed by atoms with Gasteiger partial charge in [-0.1, -0.05) is 13.8 Å². The van der Waals surface area contributed by atoms with Crippen molar-refractivity contribution in [2.45, 2.75) is 26.7 Å². The van der Waals surface area contributed by atoms with E-state index in [-0.39, 0.29) is 12.5 Å². The largest absolute Gasteiger partial charge is 0.483 e. The summed E-state index contributed by atoms with van der Waals surface area (Å²) in [4.78, 5) is 21.8. The molecule has 0 saturated heterocycles. The molecule has 3 amide bonds. The monoisotopic (exact) mass is 265 g/mol. The van der Waals surface area contributed by atoms with Gasteiger partial charge in [0.2, 0.25) is 0 Å². The minimum absolute atomic E-state index is 0.206. The van der Waals surface area contributed by atoms with E-state index in [0.717, 1.165) is 11.1 Å². The first kappa shape index (κ1) is 14.8. The third-order valence-electron chi connectivity index (χ3n) is 2.64. The molecular formula is C13H19N3O3. The molecule has 1 aromatic rings. The van der Waals surface area contributed by atoms with Crippen molar-refractivity contribution < 1.29 is 14.3 Å². The Morgan fingerprint density at radius 3 is 2.53 bits per heavy atom. The van der Waals surface area contributed by atoms with Gasteiger partial charge in [-0.3, -0.25) is 10.1 Å². The number of nitrogens with two attached hydrogens (primary N) is 2. The number of primary amides is 1. The van der Waals surface area contributed by atoms with Crippen molar-refractivity contribution in [2.75, 3.05) is 12.3 Å². The second-order valence-electron chi connectivity index (χ2n) is 4.60. The normalized spacial score (nSPS) is 10.3. The molecule has 19 heavy (non-hydrogen) atoms. The number of anilines is 1. The Morgan fingerprint density at radius 1 is 1.37 bits per heavy atom. The summed E-state index contributed by atoms with van der Waals surface area (Å²) in [6.07, 6.45) is 0. The number of carbonyl (C=O) groups excluding carboxylic acids is 2. The Labute approximate surface area is 112 Å². The number of amides is 3. The topological polar surface area (TPSA) is 107 Å². The van der Waals surface area contributed by atoms with E-state index in [1.165, 1.54) is 0 Å². The van der Waals surface area contributed by atoms with Crippen LogP contribution in [-0.2, 0) is 4.79 Å². The molecule has 0 aliphatic rings. The van der Waals surface area contributed by atoms with Crippen LogP contribution in [0.2, 0.25) is 0 Å². The summed E-state index contributed by atoms with van der Waals surface area (Å²) in [5, 5.41) is 1.94. The molecule has 0 fully saturated rings. The fourth-order valence-electron chi connectivity index (χ4n) is 1.61. The van der Waals surface area contributed by atoms with Gasteiger partial charge in [0, 0.05) is 5.69 Å². The molecule has 0 atom stereocenters. The number of hydrogen-bond acceptors (Lipinski definition) is 4. The summed E-state index contributed by atoms with van der Waals surface area (Å²) < 4.78 is 5.42. The second kappa shape index (κ2) is 6.08. The van der Waals surface area contributed by atoms with Crippen molar-refractivity contribution in [1.29, 1.82) is 0 Å². The first-order valence-corrected chi connectivity index (χ1v) is 5.93. The Morgan fingerprint density at radius 2 is 2.00 bits per heavy atom. The van der Waals surface area contributed by atoms with Crippen molar-refractivity contribution in [1.82, 2.24) is 5.32 Å². The molecule has 0 saturated carbocycles. The van der Waals surface area contributed by atoms with Gasteiger partial charge in [0.1, 0.15) is 5.75 Å². The molecule has 1 aromatic carbocycles. The first-order chi connectivity index (χ1) is 8.81. The first-order valence-electron chi connectivity index (χ1n) is 5.93. The van der Waals surface area contributed by atoms with Gasteiger partial charge in [-0.15, -0.1) is 0 Å². The minimum Gasteiger partial charge on any atom is -0.483 e. The number of rotatable bonds is 4. The lowest BCUT2D eigenvalue weighted by atomic mass is 9.99. The molecule has 0 heterocycles. The maximum atomic E-state index is 11.3. The zero-order valence-electron chi connectivity index (χ0n) is 11.3. The average Bonchev–Trinajstić information content (AvgIpc) is 2.29. The van der Waals surface area contributed by atoms with Crippen molar-refractivity contribution in [3.63, 3.8) is 0 Å². The Hall–Kier alpha value is -2.24. The molecule has 1 rings (SSSR count). The van der Waals surface area contributed by atoms with Crippen molar-refractivity contribution in [3.8, 4) is 5.75 Å². The maximum absolute atomic E-state index is 11.3. The Bertz CT molecular complexity index is 498. The smallest absolute Gasteiger partial charge is 0.318 e. The zero-order valence-corrected chi connectivity index (χ0v) is 11.3. The average molecular weight is 265 g/mol. The summed E-state index contributed by atoms with van der Waals surface area (Å²) in [5.74, 6) is 0.204. The lowest BCUT2D eigenvalue weighted by Crippen LogP contribution is -2.38.